The Balaban J connectivity index is 2.55. The average Bonchev–Trinajstić information content (AvgIpc) is 2.65. The highest BCUT2D eigenvalue weighted by molar-refractivity contribution is 5.84. The van der Waals surface area contributed by atoms with Gasteiger partial charge in [-0.05, 0) is 71.2 Å². The van der Waals surface area contributed by atoms with Crippen LogP contribution in [0.1, 0.15) is 53.0 Å². The van der Waals surface area contributed by atoms with Crippen LogP contribution in [0.15, 0.2) is 47.6 Å². The fourth-order valence-electron chi connectivity index (χ4n) is 2.31. The summed E-state index contributed by atoms with van der Waals surface area (Å²) in [6, 6.07) is 6.33. The number of carbonyl (C=O) groups excluding carboxylic acids is 1. The van der Waals surface area contributed by atoms with Crippen LogP contribution in [0.25, 0.3) is 0 Å². The topological polar surface area (TPSA) is 99.1 Å². The number of urea groups is 1. The van der Waals surface area contributed by atoms with Gasteiger partial charge in [0.15, 0.2) is 5.54 Å². The van der Waals surface area contributed by atoms with Gasteiger partial charge in [0.1, 0.15) is 12.4 Å². The van der Waals surface area contributed by atoms with E-state index in [2.05, 4.69) is 32.2 Å². The fourth-order valence-corrected chi connectivity index (χ4v) is 2.31. The summed E-state index contributed by atoms with van der Waals surface area (Å²) in [6.07, 6.45) is 6.26. The number of aliphatic carboxylic acids is 1. The molecule has 0 bridgehead atoms. The van der Waals surface area contributed by atoms with Crippen LogP contribution in [0.5, 0.6) is 5.75 Å². The SMILES string of the molecule is CC(C)=CCC/C(C)=C/COc1cccc(CNC(=O)N(O)C(C)(C)C(=O)O)c1. The van der Waals surface area contributed by atoms with Crippen molar-refractivity contribution in [2.45, 2.75) is 59.5 Å². The molecule has 0 aromatic heterocycles. The lowest BCUT2D eigenvalue weighted by Gasteiger charge is -2.28. The molecule has 0 aliphatic rings. The van der Waals surface area contributed by atoms with Gasteiger partial charge in [-0.15, -0.1) is 0 Å². The van der Waals surface area contributed by atoms with E-state index < -0.39 is 17.5 Å². The van der Waals surface area contributed by atoms with Gasteiger partial charge in [-0.2, -0.15) is 5.06 Å². The standard InChI is InChI=1S/C22H32N2O5/c1-16(2)8-6-9-17(3)12-13-29-19-11-7-10-18(14-19)15-23-21(27)24(28)22(4,5)20(25)26/h7-8,10-12,14,28H,6,9,13,15H2,1-5H3,(H,23,27)(H,25,26)/b17-12+. The summed E-state index contributed by atoms with van der Waals surface area (Å²) in [7, 11) is 0. The van der Waals surface area contributed by atoms with Crippen LogP contribution in [0.3, 0.4) is 0 Å². The van der Waals surface area contributed by atoms with E-state index in [1.54, 1.807) is 18.2 Å². The van der Waals surface area contributed by atoms with Crippen molar-refractivity contribution in [2.75, 3.05) is 6.61 Å². The van der Waals surface area contributed by atoms with Crippen LogP contribution in [0.4, 0.5) is 4.79 Å². The first-order valence-corrected chi connectivity index (χ1v) is 9.55. The second-order valence-electron chi connectivity index (χ2n) is 7.66. The maximum absolute atomic E-state index is 12.0. The highest BCUT2D eigenvalue weighted by atomic mass is 16.5. The molecular formula is C22H32N2O5. The number of carbonyl (C=O) groups is 2. The van der Waals surface area contributed by atoms with Crippen LogP contribution in [0, 0.1) is 0 Å². The van der Waals surface area contributed by atoms with Gasteiger partial charge in [0.2, 0.25) is 0 Å². The van der Waals surface area contributed by atoms with Crippen molar-refractivity contribution >= 4 is 12.0 Å². The molecule has 1 rings (SSSR count). The number of ether oxygens (including phenoxy) is 1. The van der Waals surface area contributed by atoms with E-state index in [0.717, 1.165) is 18.4 Å². The molecule has 1 aromatic rings. The third-order valence-electron chi connectivity index (χ3n) is 4.36. The summed E-state index contributed by atoms with van der Waals surface area (Å²) in [4.78, 5) is 23.1. The summed E-state index contributed by atoms with van der Waals surface area (Å²) in [5.74, 6) is -0.647. The lowest BCUT2D eigenvalue weighted by molar-refractivity contribution is -0.170. The van der Waals surface area contributed by atoms with E-state index in [1.807, 2.05) is 12.1 Å². The van der Waals surface area contributed by atoms with Crippen molar-refractivity contribution in [3.8, 4) is 5.75 Å². The molecule has 0 saturated heterocycles. The minimum Gasteiger partial charge on any atom is -0.490 e. The summed E-state index contributed by atoms with van der Waals surface area (Å²) < 4.78 is 5.74. The van der Waals surface area contributed by atoms with Crippen molar-refractivity contribution in [3.63, 3.8) is 0 Å². The Morgan fingerprint density at radius 3 is 2.52 bits per heavy atom. The lowest BCUT2D eigenvalue weighted by Crippen LogP contribution is -2.54. The van der Waals surface area contributed by atoms with Crippen LogP contribution >= 0.6 is 0 Å². The molecule has 0 aliphatic heterocycles. The van der Waals surface area contributed by atoms with Gasteiger partial charge in [0.25, 0.3) is 0 Å². The summed E-state index contributed by atoms with van der Waals surface area (Å²) in [5, 5.41) is 21.6. The normalized spacial score (nSPS) is 11.6. The van der Waals surface area contributed by atoms with Gasteiger partial charge >= 0.3 is 12.0 Å². The first-order valence-electron chi connectivity index (χ1n) is 9.55. The smallest absolute Gasteiger partial charge is 0.342 e. The zero-order valence-electron chi connectivity index (χ0n) is 17.9. The van der Waals surface area contributed by atoms with Crippen molar-refractivity contribution in [1.82, 2.24) is 10.4 Å². The molecule has 7 nitrogen and oxygen atoms in total. The molecule has 0 unspecified atom stereocenters. The summed E-state index contributed by atoms with van der Waals surface area (Å²) in [6.45, 7) is 9.30. The molecule has 160 valence electrons. The van der Waals surface area contributed by atoms with E-state index in [0.29, 0.717) is 12.4 Å². The molecule has 0 fully saturated rings. The third-order valence-corrected chi connectivity index (χ3v) is 4.36. The Hall–Kier alpha value is -2.80. The van der Waals surface area contributed by atoms with Crippen LogP contribution in [-0.4, -0.2) is 39.5 Å². The van der Waals surface area contributed by atoms with Crippen LogP contribution in [0.2, 0.25) is 0 Å². The van der Waals surface area contributed by atoms with Gasteiger partial charge in [0.05, 0.1) is 0 Å². The van der Waals surface area contributed by atoms with Crippen molar-refractivity contribution in [2.24, 2.45) is 0 Å². The zero-order chi connectivity index (χ0) is 22.0. The van der Waals surface area contributed by atoms with Gasteiger partial charge in [-0.25, -0.2) is 9.59 Å². The lowest BCUT2D eigenvalue weighted by atomic mass is 10.1. The highest BCUT2D eigenvalue weighted by Gasteiger charge is 2.37. The minimum atomic E-state index is -1.73. The number of amides is 2. The fraction of sp³-hybridized carbons (Fsp3) is 0.455. The Bertz CT molecular complexity index is 764. The molecule has 0 aliphatic carbocycles. The highest BCUT2D eigenvalue weighted by Crippen LogP contribution is 2.15. The first-order chi connectivity index (χ1) is 13.5. The second-order valence-corrected chi connectivity index (χ2v) is 7.66. The second kappa shape index (κ2) is 11.3. The number of hydroxylamine groups is 2. The molecule has 2 amide bonds. The monoisotopic (exact) mass is 404 g/mol. The molecule has 0 heterocycles. The van der Waals surface area contributed by atoms with E-state index in [1.165, 1.54) is 25.0 Å². The predicted octanol–water partition coefficient (Wildman–Crippen LogP) is 4.52. The number of benzene rings is 1. The van der Waals surface area contributed by atoms with Gasteiger partial charge in [0, 0.05) is 6.54 Å². The maximum Gasteiger partial charge on any atom is 0.342 e. The maximum atomic E-state index is 12.0. The molecule has 0 saturated carbocycles. The minimum absolute atomic E-state index is 0.125. The first kappa shape index (κ1) is 24.2. The Morgan fingerprint density at radius 1 is 1.21 bits per heavy atom. The molecule has 7 heteroatoms. The van der Waals surface area contributed by atoms with E-state index in [9.17, 15) is 14.8 Å². The van der Waals surface area contributed by atoms with E-state index in [-0.39, 0.29) is 11.6 Å². The molecular weight excluding hydrogens is 372 g/mol. The van der Waals surface area contributed by atoms with E-state index >= 15 is 0 Å². The average molecular weight is 405 g/mol. The molecule has 0 spiro atoms. The number of nitrogens with one attached hydrogen (secondary N) is 1. The third kappa shape index (κ3) is 8.39. The van der Waals surface area contributed by atoms with Crippen molar-refractivity contribution in [3.05, 3.63) is 53.1 Å². The quantitative estimate of drug-likeness (QED) is 0.302. The molecule has 0 radical (unpaired) electrons. The Morgan fingerprint density at radius 2 is 1.90 bits per heavy atom. The number of hydrogen-bond acceptors (Lipinski definition) is 4. The molecule has 0 atom stereocenters. The number of nitrogens with zero attached hydrogens (tertiary/aromatic N) is 1. The largest absolute Gasteiger partial charge is 0.490 e. The van der Waals surface area contributed by atoms with Crippen LogP contribution in [-0.2, 0) is 11.3 Å². The summed E-state index contributed by atoms with van der Waals surface area (Å²) >= 11 is 0. The van der Waals surface area contributed by atoms with Crippen molar-refractivity contribution < 1.29 is 24.6 Å². The number of rotatable bonds is 10. The number of allylic oxidation sites excluding steroid dienone is 3. The predicted molar refractivity (Wildman–Crippen MR) is 112 cm³/mol. The number of carboxylic acid groups (broad SMARTS) is 1. The van der Waals surface area contributed by atoms with Gasteiger partial charge in [-0.3, -0.25) is 5.21 Å². The number of carboxylic acids is 1. The Kier molecular flexibility index (Phi) is 9.41. The van der Waals surface area contributed by atoms with Crippen LogP contribution < -0.4 is 10.1 Å². The molecule has 3 N–H and O–H groups in total. The zero-order valence-corrected chi connectivity index (χ0v) is 17.9. The Labute approximate surface area is 172 Å². The van der Waals surface area contributed by atoms with Crippen molar-refractivity contribution in [1.29, 1.82) is 0 Å². The number of hydrogen-bond donors (Lipinski definition) is 3. The van der Waals surface area contributed by atoms with Gasteiger partial charge in [-0.1, -0.05) is 29.4 Å². The molecule has 29 heavy (non-hydrogen) atoms. The van der Waals surface area contributed by atoms with E-state index in [4.69, 9.17) is 9.84 Å². The molecule has 1 aromatic carbocycles. The summed E-state index contributed by atoms with van der Waals surface area (Å²) in [5.41, 5.74) is 1.61. The van der Waals surface area contributed by atoms with Gasteiger partial charge < -0.3 is 15.2 Å².